The molecule has 5 nitrogen and oxygen atoms in total. The van der Waals surface area contributed by atoms with E-state index in [2.05, 4.69) is 31.0 Å². The van der Waals surface area contributed by atoms with Gasteiger partial charge in [0.25, 0.3) is 0 Å². The molecule has 0 unspecified atom stereocenters. The molecule has 0 fully saturated rings. The predicted octanol–water partition coefficient (Wildman–Crippen LogP) is 5.70. The van der Waals surface area contributed by atoms with E-state index in [-0.39, 0.29) is 12.2 Å². The molecule has 0 saturated carbocycles. The molecular weight excluding hydrogens is 412 g/mol. The zero-order valence-corrected chi connectivity index (χ0v) is 18.0. The Morgan fingerprint density at radius 3 is 2.61 bits per heavy atom. The highest BCUT2D eigenvalue weighted by molar-refractivity contribution is 6.33. The van der Waals surface area contributed by atoms with Gasteiger partial charge in [-0.25, -0.2) is 4.98 Å². The molecule has 0 radical (unpaired) electrons. The number of fused-ring (bicyclic) bond motifs is 2. The number of nitrogens with zero attached hydrogens (tertiary/aromatic N) is 1. The summed E-state index contributed by atoms with van der Waals surface area (Å²) < 4.78 is 11.1. The van der Waals surface area contributed by atoms with E-state index < -0.39 is 0 Å². The number of Topliss-reactive ketones (excluding diaryl/α,β-unsaturated/α-hetero) is 1. The fourth-order valence-electron chi connectivity index (χ4n) is 3.77. The van der Waals surface area contributed by atoms with Crippen LogP contribution in [0.2, 0.25) is 5.02 Å². The van der Waals surface area contributed by atoms with Gasteiger partial charge in [-0.1, -0.05) is 17.7 Å². The summed E-state index contributed by atoms with van der Waals surface area (Å²) in [5.74, 6) is 1.98. The molecular formula is C25H21ClN2O3. The lowest BCUT2D eigenvalue weighted by Crippen LogP contribution is -2.16. The minimum atomic E-state index is 0.00102. The minimum Gasteiger partial charge on any atom is -0.486 e. The van der Waals surface area contributed by atoms with Crippen LogP contribution in [0.1, 0.15) is 27.0 Å². The van der Waals surface area contributed by atoms with E-state index in [1.54, 1.807) is 18.2 Å². The Morgan fingerprint density at radius 2 is 1.77 bits per heavy atom. The van der Waals surface area contributed by atoms with Gasteiger partial charge >= 0.3 is 0 Å². The number of benzene rings is 3. The molecule has 0 spiro atoms. The number of aromatic amines is 1. The molecule has 6 heteroatoms. The number of halogens is 1. The van der Waals surface area contributed by atoms with Crippen molar-refractivity contribution in [2.45, 2.75) is 20.3 Å². The lowest BCUT2D eigenvalue weighted by Gasteiger charge is -2.18. The molecule has 1 aliphatic heterocycles. The van der Waals surface area contributed by atoms with Gasteiger partial charge in [0.05, 0.1) is 16.1 Å². The second-order valence-electron chi connectivity index (χ2n) is 7.81. The number of rotatable bonds is 4. The average Bonchev–Trinajstić information content (AvgIpc) is 3.17. The van der Waals surface area contributed by atoms with Crippen LogP contribution < -0.4 is 9.47 Å². The highest BCUT2D eigenvalue weighted by Crippen LogP contribution is 2.32. The quantitative estimate of drug-likeness (QED) is 0.420. The predicted molar refractivity (Wildman–Crippen MR) is 121 cm³/mol. The van der Waals surface area contributed by atoms with E-state index in [1.807, 2.05) is 18.2 Å². The Hall–Kier alpha value is -3.31. The van der Waals surface area contributed by atoms with E-state index in [4.69, 9.17) is 26.1 Å². The number of imidazole rings is 1. The Balaban J connectivity index is 1.44. The van der Waals surface area contributed by atoms with E-state index in [9.17, 15) is 4.79 Å². The zero-order chi connectivity index (χ0) is 21.5. The number of nitrogens with one attached hydrogen (secondary N) is 1. The standard InChI is InChI=1S/C25H21ClN2O3/c1-14-9-20-21(10-15(14)2)28-25(27-20)18-11-16(3-5-19(18)26)12-22(29)17-4-6-23-24(13-17)31-8-7-30-23/h3-6,9-11,13H,7-8,12H2,1-2H3,(H,27,28). The summed E-state index contributed by atoms with van der Waals surface area (Å²) >= 11 is 6.48. The lowest BCUT2D eigenvalue weighted by molar-refractivity contribution is 0.0991. The first-order valence-corrected chi connectivity index (χ1v) is 10.5. The summed E-state index contributed by atoms with van der Waals surface area (Å²) in [4.78, 5) is 21.0. The van der Waals surface area contributed by atoms with Crippen molar-refractivity contribution in [1.82, 2.24) is 9.97 Å². The fourth-order valence-corrected chi connectivity index (χ4v) is 3.97. The molecule has 31 heavy (non-hydrogen) atoms. The lowest BCUT2D eigenvalue weighted by atomic mass is 10.0. The molecule has 0 aliphatic carbocycles. The van der Waals surface area contributed by atoms with Crippen LogP contribution in [-0.4, -0.2) is 29.0 Å². The molecule has 5 rings (SSSR count). The maximum atomic E-state index is 12.9. The van der Waals surface area contributed by atoms with Gasteiger partial charge in [-0.3, -0.25) is 4.79 Å². The second kappa shape index (κ2) is 7.75. The largest absolute Gasteiger partial charge is 0.486 e. The van der Waals surface area contributed by atoms with E-state index >= 15 is 0 Å². The third kappa shape index (κ3) is 3.77. The normalized spacial score (nSPS) is 12.9. The van der Waals surface area contributed by atoms with Crippen molar-refractivity contribution in [2.24, 2.45) is 0 Å². The van der Waals surface area contributed by atoms with Crippen LogP contribution in [0.4, 0.5) is 0 Å². The molecule has 156 valence electrons. The maximum Gasteiger partial charge on any atom is 0.167 e. The van der Waals surface area contributed by atoms with Crippen LogP contribution >= 0.6 is 11.6 Å². The summed E-state index contributed by atoms with van der Waals surface area (Å²) in [5, 5.41) is 0.586. The average molecular weight is 433 g/mol. The van der Waals surface area contributed by atoms with Crippen molar-refractivity contribution in [3.63, 3.8) is 0 Å². The number of H-pyrrole nitrogens is 1. The third-order valence-corrected chi connectivity index (χ3v) is 5.94. The van der Waals surface area contributed by atoms with Crippen molar-refractivity contribution < 1.29 is 14.3 Å². The highest BCUT2D eigenvalue weighted by Gasteiger charge is 2.17. The molecule has 1 aliphatic rings. The summed E-state index contributed by atoms with van der Waals surface area (Å²) in [6.45, 7) is 5.16. The molecule has 0 atom stereocenters. The fraction of sp³-hybridized carbons (Fsp3) is 0.200. The number of carbonyl (C=O) groups excluding carboxylic acids is 1. The molecule has 1 N–H and O–H groups in total. The SMILES string of the molecule is Cc1cc2nc(-c3cc(CC(=O)c4ccc5c(c4)OCCO5)ccc3Cl)[nH]c2cc1C. The molecule has 4 aromatic rings. The van der Waals surface area contributed by atoms with Crippen molar-refractivity contribution in [2.75, 3.05) is 13.2 Å². The van der Waals surface area contributed by atoms with Crippen molar-refractivity contribution >= 4 is 28.4 Å². The number of hydrogen-bond acceptors (Lipinski definition) is 4. The van der Waals surface area contributed by atoms with Crippen LogP contribution in [0.15, 0.2) is 48.5 Å². The van der Waals surface area contributed by atoms with Gasteiger partial charge in [0, 0.05) is 17.5 Å². The van der Waals surface area contributed by atoms with Crippen LogP contribution in [-0.2, 0) is 6.42 Å². The summed E-state index contributed by atoms with van der Waals surface area (Å²) in [7, 11) is 0. The van der Waals surface area contributed by atoms with E-state index in [0.717, 1.165) is 22.2 Å². The molecule has 3 aromatic carbocycles. The van der Waals surface area contributed by atoms with Crippen LogP contribution in [0, 0.1) is 13.8 Å². The first-order chi connectivity index (χ1) is 15.0. The number of carbonyl (C=O) groups is 1. The van der Waals surface area contributed by atoms with Gasteiger partial charge in [0.15, 0.2) is 17.3 Å². The Labute approximate surface area is 185 Å². The van der Waals surface area contributed by atoms with E-state index in [0.29, 0.717) is 41.1 Å². The van der Waals surface area contributed by atoms with Gasteiger partial charge in [-0.05, 0) is 73.0 Å². The molecule has 0 bridgehead atoms. The molecule has 2 heterocycles. The first-order valence-electron chi connectivity index (χ1n) is 10.2. The van der Waals surface area contributed by atoms with Gasteiger partial charge in [-0.15, -0.1) is 0 Å². The third-order valence-electron chi connectivity index (χ3n) is 5.61. The monoisotopic (exact) mass is 432 g/mol. The summed E-state index contributed by atoms with van der Waals surface area (Å²) in [6.07, 6.45) is 0.252. The summed E-state index contributed by atoms with van der Waals surface area (Å²) in [6, 6.07) is 15.1. The van der Waals surface area contributed by atoms with Crippen molar-refractivity contribution in [3.8, 4) is 22.9 Å². The summed E-state index contributed by atoms with van der Waals surface area (Å²) in [5.41, 5.74) is 6.49. The first kappa shape index (κ1) is 19.6. The number of ether oxygens (including phenoxy) is 2. The smallest absolute Gasteiger partial charge is 0.167 e. The molecule has 0 saturated heterocycles. The second-order valence-corrected chi connectivity index (χ2v) is 8.22. The number of aryl methyl sites for hydroxylation is 2. The number of ketones is 1. The van der Waals surface area contributed by atoms with Crippen LogP contribution in [0.5, 0.6) is 11.5 Å². The van der Waals surface area contributed by atoms with Crippen LogP contribution in [0.25, 0.3) is 22.4 Å². The Kier molecular flexibility index (Phi) is 4.91. The van der Waals surface area contributed by atoms with Gasteiger partial charge in [-0.2, -0.15) is 0 Å². The topological polar surface area (TPSA) is 64.2 Å². The number of hydrogen-bond donors (Lipinski definition) is 1. The Bertz CT molecular complexity index is 1290. The van der Waals surface area contributed by atoms with Crippen LogP contribution in [0.3, 0.4) is 0 Å². The van der Waals surface area contributed by atoms with Crippen molar-refractivity contribution in [1.29, 1.82) is 0 Å². The Morgan fingerprint density at radius 1 is 1.00 bits per heavy atom. The van der Waals surface area contributed by atoms with Gasteiger partial charge in [0.2, 0.25) is 0 Å². The maximum absolute atomic E-state index is 12.9. The molecule has 1 aromatic heterocycles. The van der Waals surface area contributed by atoms with Gasteiger partial charge in [0.1, 0.15) is 19.0 Å². The number of aromatic nitrogens is 2. The molecule has 0 amide bonds. The minimum absolute atomic E-state index is 0.00102. The van der Waals surface area contributed by atoms with E-state index in [1.165, 1.54) is 11.1 Å². The van der Waals surface area contributed by atoms with Gasteiger partial charge < -0.3 is 14.5 Å². The highest BCUT2D eigenvalue weighted by atomic mass is 35.5. The van der Waals surface area contributed by atoms with Crippen molar-refractivity contribution in [3.05, 3.63) is 75.8 Å². The zero-order valence-electron chi connectivity index (χ0n) is 17.3.